The van der Waals surface area contributed by atoms with Gasteiger partial charge < -0.3 is 9.84 Å². The molecule has 1 atom stereocenters. The minimum Gasteiger partial charge on any atom is -0.334 e. The molecule has 1 aliphatic rings. The number of rotatable bonds is 3. The quantitative estimate of drug-likeness (QED) is 0.933. The summed E-state index contributed by atoms with van der Waals surface area (Å²) in [7, 11) is 0. The summed E-state index contributed by atoms with van der Waals surface area (Å²) in [6, 6.07) is 8.07. The Balaban J connectivity index is 1.77. The normalized spacial score (nSPS) is 18.1. The number of piperazine rings is 1. The Morgan fingerprint density at radius 2 is 1.95 bits per heavy atom. The highest BCUT2D eigenvalue weighted by molar-refractivity contribution is 9.10. The van der Waals surface area contributed by atoms with Crippen LogP contribution in [-0.2, 0) is 0 Å². The smallest absolute Gasteiger partial charge is 0.257 e. The highest BCUT2D eigenvalue weighted by Crippen LogP contribution is 2.23. The van der Waals surface area contributed by atoms with Gasteiger partial charge in [-0.3, -0.25) is 4.90 Å². The molecule has 5 nitrogen and oxygen atoms in total. The van der Waals surface area contributed by atoms with Crippen LogP contribution in [0.25, 0.3) is 11.5 Å². The molecule has 1 fully saturated rings. The van der Waals surface area contributed by atoms with Crippen molar-refractivity contribution in [2.75, 3.05) is 26.2 Å². The molecule has 0 saturated carbocycles. The zero-order valence-electron chi connectivity index (χ0n) is 11.3. The van der Waals surface area contributed by atoms with E-state index in [9.17, 15) is 0 Å². The van der Waals surface area contributed by atoms with Gasteiger partial charge in [-0.25, -0.2) is 0 Å². The first kappa shape index (κ1) is 13.7. The zero-order chi connectivity index (χ0) is 13.9. The van der Waals surface area contributed by atoms with Crippen LogP contribution in [0.2, 0.25) is 0 Å². The molecule has 1 saturated heterocycles. The van der Waals surface area contributed by atoms with Crippen LogP contribution in [0.3, 0.4) is 0 Å². The number of hydrogen-bond acceptors (Lipinski definition) is 5. The maximum Gasteiger partial charge on any atom is 0.257 e. The van der Waals surface area contributed by atoms with Gasteiger partial charge in [-0.15, -0.1) is 0 Å². The largest absolute Gasteiger partial charge is 0.334 e. The third kappa shape index (κ3) is 2.92. The van der Waals surface area contributed by atoms with E-state index >= 15 is 0 Å². The maximum atomic E-state index is 5.38. The summed E-state index contributed by atoms with van der Waals surface area (Å²) in [5, 5.41) is 7.48. The fourth-order valence-corrected chi connectivity index (χ4v) is 2.61. The monoisotopic (exact) mass is 336 g/mol. The molecule has 0 amide bonds. The third-order valence-corrected chi connectivity index (χ3v) is 4.13. The standard InChI is InChI=1S/C14H17BrN4O/c1-10(19-8-6-16-7-9-19)13-17-14(20-18-13)11-2-4-12(15)5-3-11/h2-5,10,16H,6-9H2,1H3. The predicted molar refractivity (Wildman–Crippen MR) is 80.3 cm³/mol. The van der Waals surface area contributed by atoms with Crippen molar-refractivity contribution in [3.63, 3.8) is 0 Å². The lowest BCUT2D eigenvalue weighted by molar-refractivity contribution is 0.176. The Bertz CT molecular complexity index is 563. The number of nitrogens with one attached hydrogen (secondary N) is 1. The van der Waals surface area contributed by atoms with Gasteiger partial charge in [0.05, 0.1) is 6.04 Å². The Morgan fingerprint density at radius 1 is 1.25 bits per heavy atom. The van der Waals surface area contributed by atoms with Gasteiger partial charge in [0.15, 0.2) is 5.82 Å². The van der Waals surface area contributed by atoms with E-state index in [1.54, 1.807) is 0 Å². The van der Waals surface area contributed by atoms with E-state index in [-0.39, 0.29) is 6.04 Å². The molecule has 1 aromatic heterocycles. The molecule has 20 heavy (non-hydrogen) atoms. The molecule has 1 aromatic carbocycles. The van der Waals surface area contributed by atoms with E-state index < -0.39 is 0 Å². The van der Waals surface area contributed by atoms with E-state index in [1.165, 1.54) is 0 Å². The van der Waals surface area contributed by atoms with Gasteiger partial charge in [-0.05, 0) is 31.2 Å². The fraction of sp³-hybridized carbons (Fsp3) is 0.429. The topological polar surface area (TPSA) is 54.2 Å². The molecule has 0 radical (unpaired) electrons. The highest BCUT2D eigenvalue weighted by Gasteiger charge is 2.22. The van der Waals surface area contributed by atoms with E-state index in [0.717, 1.165) is 42.0 Å². The first-order valence-corrected chi connectivity index (χ1v) is 7.57. The summed E-state index contributed by atoms with van der Waals surface area (Å²) in [5.41, 5.74) is 0.944. The van der Waals surface area contributed by atoms with Gasteiger partial charge in [0.25, 0.3) is 5.89 Å². The molecule has 2 heterocycles. The molecular weight excluding hydrogens is 320 g/mol. The summed E-state index contributed by atoms with van der Waals surface area (Å²) in [5.74, 6) is 1.33. The summed E-state index contributed by atoms with van der Waals surface area (Å²) in [6.45, 7) is 6.19. The summed E-state index contributed by atoms with van der Waals surface area (Å²) in [6.07, 6.45) is 0. The number of halogens is 1. The first-order valence-electron chi connectivity index (χ1n) is 6.78. The predicted octanol–water partition coefficient (Wildman–Crippen LogP) is 2.47. The first-order chi connectivity index (χ1) is 9.74. The van der Waals surface area contributed by atoms with Crippen LogP contribution in [0.15, 0.2) is 33.3 Å². The maximum absolute atomic E-state index is 5.38. The van der Waals surface area contributed by atoms with Crippen molar-refractivity contribution >= 4 is 15.9 Å². The Hall–Kier alpha value is -1.24. The third-order valence-electron chi connectivity index (χ3n) is 3.61. The Labute approximate surface area is 126 Å². The molecule has 0 aliphatic carbocycles. The van der Waals surface area contributed by atoms with Crippen molar-refractivity contribution in [3.8, 4) is 11.5 Å². The second-order valence-corrected chi connectivity index (χ2v) is 5.84. The molecule has 1 N–H and O–H groups in total. The van der Waals surface area contributed by atoms with Crippen LogP contribution in [0, 0.1) is 0 Å². The van der Waals surface area contributed by atoms with Crippen molar-refractivity contribution < 1.29 is 4.52 Å². The average molecular weight is 337 g/mol. The molecule has 1 aliphatic heterocycles. The van der Waals surface area contributed by atoms with Crippen LogP contribution in [-0.4, -0.2) is 41.2 Å². The lowest BCUT2D eigenvalue weighted by atomic mass is 10.2. The minimum atomic E-state index is 0.185. The second kappa shape index (κ2) is 6.03. The molecule has 0 spiro atoms. The molecule has 1 unspecified atom stereocenters. The van der Waals surface area contributed by atoms with Crippen LogP contribution in [0.4, 0.5) is 0 Å². The molecule has 3 rings (SSSR count). The van der Waals surface area contributed by atoms with E-state index in [4.69, 9.17) is 4.52 Å². The van der Waals surface area contributed by atoms with E-state index in [1.807, 2.05) is 24.3 Å². The lowest BCUT2D eigenvalue weighted by Gasteiger charge is -2.30. The van der Waals surface area contributed by atoms with Crippen molar-refractivity contribution in [2.45, 2.75) is 13.0 Å². The summed E-state index contributed by atoms with van der Waals surface area (Å²) in [4.78, 5) is 6.90. The van der Waals surface area contributed by atoms with Crippen molar-refractivity contribution in [2.24, 2.45) is 0 Å². The Kier molecular flexibility index (Phi) is 4.14. The molecule has 6 heteroatoms. The second-order valence-electron chi connectivity index (χ2n) is 4.93. The molecule has 2 aromatic rings. The van der Waals surface area contributed by atoms with Gasteiger partial charge in [0, 0.05) is 36.2 Å². The SMILES string of the molecule is CC(c1noc(-c2ccc(Br)cc2)n1)N1CCNCC1. The average Bonchev–Trinajstić information content (AvgIpc) is 2.98. The van der Waals surface area contributed by atoms with Crippen LogP contribution >= 0.6 is 15.9 Å². The van der Waals surface area contributed by atoms with Crippen LogP contribution < -0.4 is 5.32 Å². The van der Waals surface area contributed by atoms with Crippen molar-refractivity contribution in [1.29, 1.82) is 0 Å². The number of nitrogens with zero attached hydrogens (tertiary/aromatic N) is 3. The number of aromatic nitrogens is 2. The van der Waals surface area contributed by atoms with E-state index in [0.29, 0.717) is 5.89 Å². The fourth-order valence-electron chi connectivity index (χ4n) is 2.35. The van der Waals surface area contributed by atoms with Crippen molar-refractivity contribution in [3.05, 3.63) is 34.6 Å². The number of benzene rings is 1. The Morgan fingerprint density at radius 3 is 2.65 bits per heavy atom. The molecule has 0 bridgehead atoms. The molecular formula is C14H17BrN4O. The van der Waals surface area contributed by atoms with E-state index in [2.05, 4.69) is 43.2 Å². The van der Waals surface area contributed by atoms with Crippen molar-refractivity contribution in [1.82, 2.24) is 20.4 Å². The van der Waals surface area contributed by atoms with Crippen LogP contribution in [0.5, 0.6) is 0 Å². The minimum absolute atomic E-state index is 0.185. The van der Waals surface area contributed by atoms with Gasteiger partial charge in [0.1, 0.15) is 0 Å². The zero-order valence-corrected chi connectivity index (χ0v) is 12.9. The van der Waals surface area contributed by atoms with Gasteiger partial charge >= 0.3 is 0 Å². The molecule has 106 valence electrons. The summed E-state index contributed by atoms with van der Waals surface area (Å²) < 4.78 is 6.42. The number of hydrogen-bond donors (Lipinski definition) is 1. The van der Waals surface area contributed by atoms with Crippen LogP contribution in [0.1, 0.15) is 18.8 Å². The van der Waals surface area contributed by atoms with Gasteiger partial charge in [0.2, 0.25) is 0 Å². The highest BCUT2D eigenvalue weighted by atomic mass is 79.9. The van der Waals surface area contributed by atoms with Gasteiger partial charge in [-0.1, -0.05) is 21.1 Å². The lowest BCUT2D eigenvalue weighted by Crippen LogP contribution is -2.44. The summed E-state index contributed by atoms with van der Waals surface area (Å²) >= 11 is 3.42. The van der Waals surface area contributed by atoms with Gasteiger partial charge in [-0.2, -0.15) is 4.98 Å².